The molecule has 1 aliphatic rings. The third-order valence-electron chi connectivity index (χ3n) is 4.41. The summed E-state index contributed by atoms with van der Waals surface area (Å²) in [4.78, 5) is 7.81. The van der Waals surface area contributed by atoms with E-state index >= 15 is 0 Å². The molecule has 0 amide bonds. The predicted octanol–water partition coefficient (Wildman–Crippen LogP) is 4.81. The number of benzene rings is 1. The maximum Gasteiger partial charge on any atom is 0.0570 e. The molecule has 142 valence electrons. The van der Waals surface area contributed by atoms with E-state index in [0.717, 1.165) is 24.4 Å². The third kappa shape index (κ3) is 5.83. The highest BCUT2D eigenvalue weighted by Gasteiger charge is 2.21. The van der Waals surface area contributed by atoms with Gasteiger partial charge in [0.1, 0.15) is 0 Å². The average molecular weight is 398 g/mol. The molecule has 0 saturated carbocycles. The van der Waals surface area contributed by atoms with Gasteiger partial charge in [-0.05, 0) is 66.8 Å². The first-order valence-corrected chi connectivity index (χ1v) is 11.4. The van der Waals surface area contributed by atoms with Crippen LogP contribution in [0.25, 0.3) is 0 Å². The summed E-state index contributed by atoms with van der Waals surface area (Å²) in [6.45, 7) is 5.28. The minimum Gasteiger partial charge on any atom is -0.363 e. The Kier molecular flexibility index (Phi) is 6.94. The van der Waals surface area contributed by atoms with Gasteiger partial charge in [-0.25, -0.2) is 0 Å². The molecule has 1 aliphatic heterocycles. The lowest BCUT2D eigenvalue weighted by molar-refractivity contribution is 0.299. The normalized spacial score (nSPS) is 18.8. The smallest absolute Gasteiger partial charge is 0.0570 e. The zero-order chi connectivity index (χ0) is 19.2. The summed E-state index contributed by atoms with van der Waals surface area (Å²) in [5.74, 6) is 5.29. The quantitative estimate of drug-likeness (QED) is 0.470. The molecule has 0 N–H and O–H groups in total. The number of nitrogens with zero attached hydrogens (tertiary/aromatic N) is 3. The van der Waals surface area contributed by atoms with Crippen molar-refractivity contribution in [2.45, 2.75) is 23.9 Å². The molecular formula is C22H27N3S2. The van der Waals surface area contributed by atoms with Gasteiger partial charge in [-0.3, -0.25) is 9.29 Å². The Balaban J connectivity index is 1.72. The van der Waals surface area contributed by atoms with Crippen LogP contribution >= 0.6 is 22.4 Å². The summed E-state index contributed by atoms with van der Waals surface area (Å²) in [7, 11) is 4.23. The second kappa shape index (κ2) is 9.40. The summed E-state index contributed by atoms with van der Waals surface area (Å²) in [5.41, 5.74) is 3.69. The van der Waals surface area contributed by atoms with Crippen molar-refractivity contribution in [1.29, 1.82) is 0 Å². The topological polar surface area (TPSA) is 19.4 Å². The van der Waals surface area contributed by atoms with Gasteiger partial charge in [-0.15, -0.1) is 0 Å². The van der Waals surface area contributed by atoms with Crippen molar-refractivity contribution < 1.29 is 0 Å². The van der Waals surface area contributed by atoms with E-state index in [4.69, 9.17) is 0 Å². The summed E-state index contributed by atoms with van der Waals surface area (Å²) in [6.07, 6.45) is 6.86. The molecule has 5 heteroatoms. The molecule has 0 aliphatic carbocycles. The molecule has 2 atom stereocenters. The Labute approximate surface area is 169 Å². The van der Waals surface area contributed by atoms with Crippen LogP contribution in [0.1, 0.15) is 11.1 Å². The van der Waals surface area contributed by atoms with Gasteiger partial charge in [-0.1, -0.05) is 30.7 Å². The number of hydrogen-bond donors (Lipinski definition) is 0. The molecule has 2 heterocycles. The minimum atomic E-state index is 0.113. The first-order valence-electron chi connectivity index (χ1n) is 8.96. The van der Waals surface area contributed by atoms with Crippen molar-refractivity contribution in [3.05, 3.63) is 83.7 Å². The fourth-order valence-corrected chi connectivity index (χ4v) is 5.01. The average Bonchev–Trinajstić information content (AvgIpc) is 3.08. The fourth-order valence-electron chi connectivity index (χ4n) is 3.09. The lowest BCUT2D eigenvalue weighted by atomic mass is 10.1. The van der Waals surface area contributed by atoms with Crippen molar-refractivity contribution in [1.82, 2.24) is 14.2 Å². The number of hydrogen-bond acceptors (Lipinski definition) is 4. The van der Waals surface area contributed by atoms with Gasteiger partial charge in [-0.2, -0.15) is 10.5 Å². The molecule has 0 fully saturated rings. The van der Waals surface area contributed by atoms with E-state index in [1.807, 2.05) is 12.4 Å². The van der Waals surface area contributed by atoms with Gasteiger partial charge in [0.05, 0.1) is 6.04 Å². The molecule has 2 aromatic rings. The van der Waals surface area contributed by atoms with Crippen LogP contribution in [0.5, 0.6) is 0 Å². The lowest BCUT2D eigenvalue weighted by Crippen LogP contribution is -2.33. The molecule has 27 heavy (non-hydrogen) atoms. The zero-order valence-electron chi connectivity index (χ0n) is 16.0. The molecule has 0 saturated heterocycles. The fraction of sp³-hybridized carbons (Fsp3) is 0.273. The van der Waals surface area contributed by atoms with E-state index in [1.165, 1.54) is 16.0 Å². The molecule has 3 nitrogen and oxygen atoms in total. The molecule has 2 unspecified atom stereocenters. The lowest BCUT2D eigenvalue weighted by Gasteiger charge is -2.32. The van der Waals surface area contributed by atoms with Gasteiger partial charge in [0.25, 0.3) is 0 Å². The first kappa shape index (κ1) is 19.9. The summed E-state index contributed by atoms with van der Waals surface area (Å²) in [5, 5.41) is 2.24. The van der Waals surface area contributed by atoms with Gasteiger partial charge < -0.3 is 4.90 Å². The van der Waals surface area contributed by atoms with Crippen molar-refractivity contribution in [3.63, 3.8) is 0 Å². The van der Waals surface area contributed by atoms with Crippen LogP contribution in [0.2, 0.25) is 0 Å². The maximum absolute atomic E-state index is 4.43. The number of allylic oxidation sites excluding steroid dienone is 1. The highest BCUT2D eigenvalue weighted by atomic mass is 32.2. The molecule has 0 spiro atoms. The van der Waals surface area contributed by atoms with E-state index in [1.54, 1.807) is 11.9 Å². The van der Waals surface area contributed by atoms with Crippen LogP contribution in [-0.2, 0) is 13.0 Å². The maximum atomic E-state index is 4.43. The zero-order valence-corrected chi connectivity index (χ0v) is 17.7. The van der Waals surface area contributed by atoms with E-state index in [0.29, 0.717) is 6.04 Å². The van der Waals surface area contributed by atoms with E-state index in [2.05, 4.69) is 88.6 Å². The molecule has 3 rings (SSSR count). The number of pyridine rings is 1. The highest BCUT2D eigenvalue weighted by Crippen LogP contribution is 2.29. The number of aromatic nitrogens is 1. The van der Waals surface area contributed by atoms with Crippen LogP contribution in [0.4, 0.5) is 0 Å². The van der Waals surface area contributed by atoms with Crippen molar-refractivity contribution in [2.75, 3.05) is 19.8 Å². The Morgan fingerprint density at radius 2 is 1.85 bits per heavy atom. The molecule has 0 bridgehead atoms. The largest absolute Gasteiger partial charge is 0.363 e. The third-order valence-corrected chi connectivity index (χ3v) is 6.57. The highest BCUT2D eigenvalue weighted by molar-refractivity contribution is 8.16. The van der Waals surface area contributed by atoms with Crippen molar-refractivity contribution >= 4 is 28.3 Å². The summed E-state index contributed by atoms with van der Waals surface area (Å²) in [6, 6.07) is 13.3. The summed E-state index contributed by atoms with van der Waals surface area (Å²) < 4.78 is 2.10. The van der Waals surface area contributed by atoms with Gasteiger partial charge >= 0.3 is 0 Å². The van der Waals surface area contributed by atoms with Crippen LogP contribution < -0.4 is 0 Å². The molecular weight excluding hydrogens is 370 g/mol. The van der Waals surface area contributed by atoms with Crippen LogP contribution in [-0.4, -0.2) is 45.9 Å². The SMILES string of the molecule is C=C(Cc1ccc(SN(C)C)cc1)N(Cc1ccncc1)C1C=CS(=C)C1. The van der Waals surface area contributed by atoms with E-state index in [9.17, 15) is 0 Å². The molecule has 1 aromatic carbocycles. The first-order chi connectivity index (χ1) is 13.0. The minimum absolute atomic E-state index is 0.113. The monoisotopic (exact) mass is 397 g/mol. The van der Waals surface area contributed by atoms with E-state index in [-0.39, 0.29) is 10.5 Å². The Bertz CT molecular complexity index is 813. The van der Waals surface area contributed by atoms with Crippen LogP contribution in [0.3, 0.4) is 0 Å². The van der Waals surface area contributed by atoms with Gasteiger partial charge in [0.2, 0.25) is 0 Å². The second-order valence-electron chi connectivity index (χ2n) is 6.87. The van der Waals surface area contributed by atoms with E-state index < -0.39 is 0 Å². The molecule has 0 radical (unpaired) electrons. The Morgan fingerprint density at radius 1 is 1.15 bits per heavy atom. The molecule has 1 aromatic heterocycles. The summed E-state index contributed by atoms with van der Waals surface area (Å²) >= 11 is 1.73. The Hall–Kier alpha value is -1.82. The second-order valence-corrected chi connectivity index (χ2v) is 9.94. The van der Waals surface area contributed by atoms with Crippen molar-refractivity contribution in [2.24, 2.45) is 0 Å². The van der Waals surface area contributed by atoms with Crippen molar-refractivity contribution in [3.8, 4) is 0 Å². The van der Waals surface area contributed by atoms with Crippen LogP contribution in [0, 0.1) is 0 Å². The van der Waals surface area contributed by atoms with Gasteiger partial charge in [0, 0.05) is 41.7 Å². The standard InChI is InChI=1S/C22H27N3S2/c1-18(15-19-5-7-22(8-6-19)26-24(2)3)25(21-11-14-27(4)17-21)16-20-9-12-23-13-10-20/h5-14,21H,1,4,15-17H2,2-3H3. The van der Waals surface area contributed by atoms with Gasteiger partial charge in [0.15, 0.2) is 0 Å². The predicted molar refractivity (Wildman–Crippen MR) is 121 cm³/mol. The number of rotatable bonds is 8. The Morgan fingerprint density at radius 3 is 2.44 bits per heavy atom. The van der Waals surface area contributed by atoms with Crippen LogP contribution in [0.15, 0.2) is 77.4 Å².